The summed E-state index contributed by atoms with van der Waals surface area (Å²) in [5, 5.41) is 3.72. The van der Waals surface area contributed by atoms with Gasteiger partial charge in [-0.15, -0.1) is 0 Å². The number of methoxy groups -OCH3 is 1. The smallest absolute Gasteiger partial charge is 0.133 e. The molecule has 1 N–H and O–H groups in total. The number of ether oxygens (including phenoxy) is 1. The second kappa shape index (κ2) is 6.20. The first-order valence-electron chi connectivity index (χ1n) is 7.33. The number of halogens is 1. The third kappa shape index (κ3) is 3.30. The minimum absolute atomic E-state index is 0.339. The predicted molar refractivity (Wildman–Crippen MR) is 89.8 cm³/mol. The molecule has 3 heteroatoms. The van der Waals surface area contributed by atoms with Crippen LogP contribution < -0.4 is 10.1 Å². The second-order valence-corrected chi connectivity index (χ2v) is 6.50. The van der Waals surface area contributed by atoms with Crippen molar-refractivity contribution in [3.8, 4) is 5.75 Å². The van der Waals surface area contributed by atoms with Crippen molar-refractivity contribution in [1.29, 1.82) is 0 Å². The molecule has 0 heterocycles. The molecule has 1 saturated carbocycles. The fourth-order valence-corrected chi connectivity index (χ4v) is 3.38. The Balaban J connectivity index is 1.63. The molecule has 21 heavy (non-hydrogen) atoms. The summed E-state index contributed by atoms with van der Waals surface area (Å²) in [7, 11) is 1.69. The second-order valence-electron chi connectivity index (χ2n) is 5.64. The monoisotopic (exact) mass is 345 g/mol. The van der Waals surface area contributed by atoms with Crippen molar-refractivity contribution in [2.24, 2.45) is 0 Å². The number of rotatable bonds is 5. The van der Waals surface area contributed by atoms with E-state index in [9.17, 15) is 0 Å². The lowest BCUT2D eigenvalue weighted by Crippen LogP contribution is -2.22. The molecule has 1 aliphatic carbocycles. The van der Waals surface area contributed by atoms with Gasteiger partial charge in [0.15, 0.2) is 0 Å². The van der Waals surface area contributed by atoms with Gasteiger partial charge in [-0.2, -0.15) is 0 Å². The fourth-order valence-electron chi connectivity index (χ4n) is 2.82. The Labute approximate surface area is 134 Å². The SMILES string of the molecule is COc1ccc(C(C)NC2CC2c2ccccc2)cc1Br. The van der Waals surface area contributed by atoms with E-state index in [1.165, 1.54) is 17.5 Å². The van der Waals surface area contributed by atoms with Gasteiger partial charge in [0.2, 0.25) is 0 Å². The van der Waals surface area contributed by atoms with E-state index in [0.717, 1.165) is 10.2 Å². The first-order valence-corrected chi connectivity index (χ1v) is 8.12. The standard InChI is InChI=1S/C18H20BrNO/c1-12(14-8-9-18(21-2)16(19)10-14)20-17-11-15(17)13-6-4-3-5-7-13/h3-10,12,15,17,20H,11H2,1-2H3. The molecule has 0 aliphatic heterocycles. The highest BCUT2D eigenvalue weighted by atomic mass is 79.9. The Morgan fingerprint density at radius 3 is 2.62 bits per heavy atom. The van der Waals surface area contributed by atoms with Crippen LogP contribution in [0.25, 0.3) is 0 Å². The Bertz CT molecular complexity index is 614. The number of nitrogens with one attached hydrogen (secondary N) is 1. The molecule has 1 fully saturated rings. The van der Waals surface area contributed by atoms with E-state index in [2.05, 4.69) is 70.6 Å². The van der Waals surface area contributed by atoms with Crippen molar-refractivity contribution in [3.05, 3.63) is 64.1 Å². The van der Waals surface area contributed by atoms with Crippen LogP contribution in [0.15, 0.2) is 53.0 Å². The molecule has 1 aliphatic rings. The first kappa shape index (κ1) is 14.6. The van der Waals surface area contributed by atoms with Crippen LogP contribution in [-0.4, -0.2) is 13.2 Å². The summed E-state index contributed by atoms with van der Waals surface area (Å²) in [5.74, 6) is 1.54. The van der Waals surface area contributed by atoms with Crippen LogP contribution in [0, 0.1) is 0 Å². The summed E-state index contributed by atoms with van der Waals surface area (Å²) in [6.07, 6.45) is 1.23. The van der Waals surface area contributed by atoms with E-state index >= 15 is 0 Å². The molecule has 0 amide bonds. The van der Waals surface area contributed by atoms with Crippen molar-refractivity contribution < 1.29 is 4.74 Å². The maximum Gasteiger partial charge on any atom is 0.133 e. The summed E-state index contributed by atoms with van der Waals surface area (Å²) in [6.45, 7) is 2.22. The van der Waals surface area contributed by atoms with Crippen LogP contribution in [0.5, 0.6) is 5.75 Å². The minimum Gasteiger partial charge on any atom is -0.496 e. The van der Waals surface area contributed by atoms with E-state index in [0.29, 0.717) is 18.0 Å². The Morgan fingerprint density at radius 1 is 1.19 bits per heavy atom. The topological polar surface area (TPSA) is 21.3 Å². The van der Waals surface area contributed by atoms with Crippen LogP contribution in [0.1, 0.15) is 36.4 Å². The van der Waals surface area contributed by atoms with E-state index < -0.39 is 0 Å². The van der Waals surface area contributed by atoms with Gasteiger partial charge in [0.05, 0.1) is 11.6 Å². The fraction of sp³-hybridized carbons (Fsp3) is 0.333. The number of hydrogen-bond donors (Lipinski definition) is 1. The molecule has 110 valence electrons. The van der Waals surface area contributed by atoms with Gasteiger partial charge >= 0.3 is 0 Å². The Kier molecular flexibility index (Phi) is 4.32. The van der Waals surface area contributed by atoms with E-state index in [1.54, 1.807) is 7.11 Å². The molecule has 3 unspecified atom stereocenters. The van der Waals surface area contributed by atoms with Crippen molar-refractivity contribution in [2.45, 2.75) is 31.3 Å². The van der Waals surface area contributed by atoms with E-state index in [-0.39, 0.29) is 0 Å². The van der Waals surface area contributed by atoms with Gasteiger partial charge in [-0.05, 0) is 52.5 Å². The molecule has 3 atom stereocenters. The normalized spacial score (nSPS) is 21.9. The largest absolute Gasteiger partial charge is 0.496 e. The van der Waals surface area contributed by atoms with Crippen molar-refractivity contribution in [2.75, 3.05) is 7.11 Å². The Morgan fingerprint density at radius 2 is 1.95 bits per heavy atom. The third-order valence-corrected chi connectivity index (χ3v) is 4.78. The molecular formula is C18H20BrNO. The average molecular weight is 346 g/mol. The van der Waals surface area contributed by atoms with Crippen LogP contribution in [0.2, 0.25) is 0 Å². The Hall–Kier alpha value is -1.32. The summed E-state index contributed by atoms with van der Waals surface area (Å²) >= 11 is 3.55. The van der Waals surface area contributed by atoms with Gasteiger partial charge in [0.1, 0.15) is 5.75 Å². The number of hydrogen-bond acceptors (Lipinski definition) is 2. The van der Waals surface area contributed by atoms with Gasteiger partial charge in [-0.1, -0.05) is 36.4 Å². The van der Waals surface area contributed by atoms with E-state index in [4.69, 9.17) is 4.74 Å². The molecular weight excluding hydrogens is 326 g/mol. The molecule has 0 saturated heterocycles. The molecule has 0 bridgehead atoms. The van der Waals surface area contributed by atoms with Crippen molar-refractivity contribution >= 4 is 15.9 Å². The quantitative estimate of drug-likeness (QED) is 0.850. The highest BCUT2D eigenvalue weighted by molar-refractivity contribution is 9.10. The lowest BCUT2D eigenvalue weighted by molar-refractivity contribution is 0.411. The predicted octanol–water partition coefficient (Wildman–Crippen LogP) is 4.66. The lowest BCUT2D eigenvalue weighted by Gasteiger charge is -2.16. The summed E-state index contributed by atoms with van der Waals surface area (Å²) in [4.78, 5) is 0. The zero-order valence-corrected chi connectivity index (χ0v) is 13.9. The van der Waals surface area contributed by atoms with Crippen LogP contribution in [-0.2, 0) is 0 Å². The number of benzene rings is 2. The highest BCUT2D eigenvalue weighted by Crippen LogP contribution is 2.42. The summed E-state index contributed by atoms with van der Waals surface area (Å²) in [6, 6.07) is 18.0. The maximum atomic E-state index is 5.28. The van der Waals surface area contributed by atoms with Gasteiger partial charge in [-0.3, -0.25) is 0 Å². The highest BCUT2D eigenvalue weighted by Gasteiger charge is 2.38. The lowest BCUT2D eigenvalue weighted by atomic mass is 10.1. The molecule has 2 aromatic carbocycles. The minimum atomic E-state index is 0.339. The summed E-state index contributed by atoms with van der Waals surface area (Å²) < 4.78 is 6.29. The zero-order valence-electron chi connectivity index (χ0n) is 12.3. The van der Waals surface area contributed by atoms with Gasteiger partial charge < -0.3 is 10.1 Å². The maximum absolute atomic E-state index is 5.28. The summed E-state index contributed by atoms with van der Waals surface area (Å²) in [5.41, 5.74) is 2.72. The third-order valence-electron chi connectivity index (χ3n) is 4.16. The first-order chi connectivity index (χ1) is 10.2. The van der Waals surface area contributed by atoms with Crippen LogP contribution in [0.4, 0.5) is 0 Å². The molecule has 3 rings (SSSR count). The van der Waals surface area contributed by atoms with Gasteiger partial charge in [0, 0.05) is 18.0 Å². The zero-order chi connectivity index (χ0) is 14.8. The van der Waals surface area contributed by atoms with Crippen molar-refractivity contribution in [3.63, 3.8) is 0 Å². The van der Waals surface area contributed by atoms with Gasteiger partial charge in [-0.25, -0.2) is 0 Å². The molecule has 0 aromatic heterocycles. The molecule has 0 radical (unpaired) electrons. The molecule has 2 nitrogen and oxygen atoms in total. The van der Waals surface area contributed by atoms with E-state index in [1.807, 2.05) is 6.07 Å². The van der Waals surface area contributed by atoms with Crippen LogP contribution in [0.3, 0.4) is 0 Å². The van der Waals surface area contributed by atoms with Gasteiger partial charge in [0.25, 0.3) is 0 Å². The van der Waals surface area contributed by atoms with Crippen LogP contribution >= 0.6 is 15.9 Å². The van der Waals surface area contributed by atoms with Crippen molar-refractivity contribution in [1.82, 2.24) is 5.32 Å². The average Bonchev–Trinajstić information content (AvgIpc) is 3.27. The molecule has 2 aromatic rings. The molecule has 0 spiro atoms.